The van der Waals surface area contributed by atoms with E-state index in [1.54, 1.807) is 0 Å². The van der Waals surface area contributed by atoms with Crippen molar-refractivity contribution in [3.8, 4) is 0 Å². The van der Waals surface area contributed by atoms with Gasteiger partial charge in [0, 0.05) is 25.6 Å². The van der Waals surface area contributed by atoms with Crippen molar-refractivity contribution in [2.45, 2.75) is 45.1 Å². The molecule has 5 heteroatoms. The van der Waals surface area contributed by atoms with E-state index in [0.717, 1.165) is 51.9 Å². The van der Waals surface area contributed by atoms with Crippen molar-refractivity contribution >= 4 is 23.1 Å². The van der Waals surface area contributed by atoms with Gasteiger partial charge in [0.1, 0.15) is 0 Å². The average Bonchev–Trinajstić information content (AvgIpc) is 2.46. The fourth-order valence-corrected chi connectivity index (χ4v) is 3.32. The van der Waals surface area contributed by atoms with Crippen LogP contribution >= 0.6 is 12.2 Å². The highest BCUT2D eigenvalue weighted by atomic mass is 32.1. The summed E-state index contributed by atoms with van der Waals surface area (Å²) in [7, 11) is 0. The Balaban J connectivity index is 1.92. The minimum Gasteiger partial charge on any atom is -0.393 e. The van der Waals surface area contributed by atoms with E-state index in [1.165, 1.54) is 6.42 Å². The summed E-state index contributed by atoms with van der Waals surface area (Å²) in [6.45, 7) is 5.71. The Bertz CT molecular complexity index is 342. The van der Waals surface area contributed by atoms with Crippen molar-refractivity contribution < 1.29 is 4.79 Å². The molecule has 2 aliphatic heterocycles. The summed E-state index contributed by atoms with van der Waals surface area (Å²) in [6.07, 6.45) is 5.70. The van der Waals surface area contributed by atoms with E-state index in [0.29, 0.717) is 4.99 Å². The molecule has 0 aromatic rings. The molecule has 0 aromatic heterocycles. The van der Waals surface area contributed by atoms with Gasteiger partial charge in [0.05, 0.1) is 11.0 Å². The molecule has 0 aromatic carbocycles. The van der Waals surface area contributed by atoms with Crippen molar-refractivity contribution in [1.29, 1.82) is 0 Å². The second kappa shape index (κ2) is 6.66. The lowest BCUT2D eigenvalue weighted by Crippen LogP contribution is -2.52. The van der Waals surface area contributed by atoms with Gasteiger partial charge in [-0.15, -0.1) is 0 Å². The summed E-state index contributed by atoms with van der Waals surface area (Å²) in [6, 6.07) is -0.0322. The second-order valence-corrected chi connectivity index (χ2v) is 6.27. The molecule has 2 saturated heterocycles. The van der Waals surface area contributed by atoms with Gasteiger partial charge in [0.25, 0.3) is 0 Å². The molecule has 2 unspecified atom stereocenters. The lowest BCUT2D eigenvalue weighted by Gasteiger charge is -2.38. The third kappa shape index (κ3) is 3.66. The maximum Gasteiger partial charge on any atom is 0.239 e. The van der Waals surface area contributed by atoms with Crippen LogP contribution in [0, 0.1) is 5.92 Å². The molecule has 19 heavy (non-hydrogen) atoms. The molecule has 2 heterocycles. The zero-order valence-corrected chi connectivity index (χ0v) is 12.6. The number of carbonyl (C=O) groups is 1. The number of thiocarbonyl (C=S) groups is 1. The molecule has 2 rings (SSSR count). The van der Waals surface area contributed by atoms with Gasteiger partial charge >= 0.3 is 0 Å². The average molecular weight is 283 g/mol. The highest BCUT2D eigenvalue weighted by Gasteiger charge is 2.31. The summed E-state index contributed by atoms with van der Waals surface area (Å²) in [5.41, 5.74) is 5.76. The Morgan fingerprint density at radius 3 is 2.53 bits per heavy atom. The Kier molecular flexibility index (Phi) is 5.16. The minimum atomic E-state index is -0.0322. The summed E-state index contributed by atoms with van der Waals surface area (Å²) in [4.78, 5) is 17.4. The van der Waals surface area contributed by atoms with Gasteiger partial charge in [-0.05, 0) is 45.6 Å². The van der Waals surface area contributed by atoms with E-state index in [2.05, 4.69) is 4.90 Å². The van der Waals surface area contributed by atoms with Gasteiger partial charge in [-0.2, -0.15) is 0 Å². The topological polar surface area (TPSA) is 49.6 Å². The van der Waals surface area contributed by atoms with E-state index in [-0.39, 0.29) is 17.9 Å². The molecule has 2 atom stereocenters. The third-order valence-electron chi connectivity index (χ3n) is 4.43. The summed E-state index contributed by atoms with van der Waals surface area (Å²) >= 11 is 5.10. The maximum absolute atomic E-state index is 12.5. The number of hydrogen-bond acceptors (Lipinski definition) is 3. The van der Waals surface area contributed by atoms with Crippen LogP contribution in [0.4, 0.5) is 0 Å². The number of carbonyl (C=O) groups excluding carboxylic acids is 1. The smallest absolute Gasteiger partial charge is 0.239 e. The van der Waals surface area contributed by atoms with E-state index < -0.39 is 0 Å². The van der Waals surface area contributed by atoms with Crippen LogP contribution in [0.2, 0.25) is 0 Å². The Morgan fingerprint density at radius 1 is 1.21 bits per heavy atom. The van der Waals surface area contributed by atoms with Crippen molar-refractivity contribution in [2.75, 3.05) is 26.2 Å². The fourth-order valence-electron chi connectivity index (χ4n) is 3.13. The number of amides is 1. The Hall–Kier alpha value is -0.680. The van der Waals surface area contributed by atoms with Crippen LogP contribution in [0.5, 0.6) is 0 Å². The molecule has 4 nitrogen and oxygen atoms in total. The van der Waals surface area contributed by atoms with Crippen LogP contribution in [-0.4, -0.2) is 52.9 Å². The molecule has 0 bridgehead atoms. The molecular formula is C14H25N3OS. The van der Waals surface area contributed by atoms with E-state index >= 15 is 0 Å². The maximum atomic E-state index is 12.5. The van der Waals surface area contributed by atoms with Crippen molar-refractivity contribution in [3.63, 3.8) is 0 Å². The number of likely N-dealkylation sites (tertiary alicyclic amines) is 2. The quantitative estimate of drug-likeness (QED) is 0.795. The molecule has 0 aliphatic carbocycles. The zero-order chi connectivity index (χ0) is 13.8. The van der Waals surface area contributed by atoms with Gasteiger partial charge in [0.15, 0.2) is 0 Å². The monoisotopic (exact) mass is 283 g/mol. The van der Waals surface area contributed by atoms with Crippen LogP contribution in [0.1, 0.15) is 39.0 Å². The second-order valence-electron chi connectivity index (χ2n) is 5.80. The number of hydrogen-bond donors (Lipinski definition) is 1. The van der Waals surface area contributed by atoms with Gasteiger partial charge < -0.3 is 10.6 Å². The van der Waals surface area contributed by atoms with Crippen LogP contribution in [0.3, 0.4) is 0 Å². The van der Waals surface area contributed by atoms with E-state index in [9.17, 15) is 4.79 Å². The molecule has 0 spiro atoms. The lowest BCUT2D eigenvalue weighted by atomic mass is 9.96. The Labute approximate surface area is 121 Å². The van der Waals surface area contributed by atoms with Crippen molar-refractivity contribution in [3.05, 3.63) is 0 Å². The Morgan fingerprint density at radius 2 is 1.89 bits per heavy atom. The molecule has 0 saturated carbocycles. The molecule has 108 valence electrons. The summed E-state index contributed by atoms with van der Waals surface area (Å²) in [5, 5.41) is 0. The highest BCUT2D eigenvalue weighted by molar-refractivity contribution is 7.80. The number of nitrogens with zero attached hydrogens (tertiary/aromatic N) is 2. The first-order chi connectivity index (χ1) is 9.09. The fraction of sp³-hybridized carbons (Fsp3) is 0.857. The van der Waals surface area contributed by atoms with Crippen molar-refractivity contribution in [2.24, 2.45) is 11.7 Å². The predicted molar refractivity (Wildman–Crippen MR) is 81.0 cm³/mol. The first kappa shape index (κ1) is 14.7. The predicted octanol–water partition coefficient (Wildman–Crippen LogP) is 1.39. The molecular weight excluding hydrogens is 258 g/mol. The van der Waals surface area contributed by atoms with Crippen molar-refractivity contribution in [1.82, 2.24) is 9.80 Å². The molecule has 2 N–H and O–H groups in total. The standard InChI is InChI=1S/C14H25N3OS/c1-11(14(18)16-7-3-2-4-8-16)17-9-5-6-12(10-17)13(15)19/h11-12H,2-10H2,1H3,(H2,15,19). The normalized spacial score (nSPS) is 27.0. The summed E-state index contributed by atoms with van der Waals surface area (Å²) in [5.74, 6) is 0.559. The number of nitrogens with two attached hydrogens (primary N) is 1. The summed E-state index contributed by atoms with van der Waals surface area (Å²) < 4.78 is 0. The first-order valence-electron chi connectivity index (χ1n) is 7.41. The van der Waals surface area contributed by atoms with Gasteiger partial charge in [-0.25, -0.2) is 0 Å². The molecule has 1 amide bonds. The number of rotatable bonds is 3. The number of piperidine rings is 2. The van der Waals surface area contributed by atoms with E-state index in [4.69, 9.17) is 18.0 Å². The molecule has 2 fully saturated rings. The minimum absolute atomic E-state index is 0.0322. The molecule has 2 aliphatic rings. The van der Waals surface area contributed by atoms with Gasteiger partial charge in [0.2, 0.25) is 5.91 Å². The van der Waals surface area contributed by atoms with Crippen LogP contribution in [0.25, 0.3) is 0 Å². The van der Waals surface area contributed by atoms with Crippen LogP contribution in [0.15, 0.2) is 0 Å². The van der Waals surface area contributed by atoms with Crippen LogP contribution in [-0.2, 0) is 4.79 Å². The van der Waals surface area contributed by atoms with Gasteiger partial charge in [-0.3, -0.25) is 9.69 Å². The van der Waals surface area contributed by atoms with Crippen LogP contribution < -0.4 is 5.73 Å². The first-order valence-corrected chi connectivity index (χ1v) is 7.82. The molecule has 0 radical (unpaired) electrons. The lowest BCUT2D eigenvalue weighted by molar-refractivity contribution is -0.137. The SMILES string of the molecule is CC(C(=O)N1CCCCC1)N1CCCC(C(N)=S)C1. The third-order valence-corrected chi connectivity index (χ3v) is 4.76. The zero-order valence-electron chi connectivity index (χ0n) is 11.8. The highest BCUT2D eigenvalue weighted by Crippen LogP contribution is 2.20. The van der Waals surface area contributed by atoms with E-state index in [1.807, 2.05) is 11.8 Å². The van der Waals surface area contributed by atoms with Gasteiger partial charge in [-0.1, -0.05) is 12.2 Å². The largest absolute Gasteiger partial charge is 0.393 e.